The van der Waals surface area contributed by atoms with Crippen molar-refractivity contribution in [3.8, 4) is 0 Å². The van der Waals surface area contributed by atoms with Gasteiger partial charge in [0.25, 0.3) is 0 Å². The molecule has 1 N–H and O–H groups in total. The van der Waals surface area contributed by atoms with Crippen molar-refractivity contribution in [2.24, 2.45) is 15.4 Å². The Kier molecular flexibility index (Phi) is 6.90. The van der Waals surface area contributed by atoms with Crippen molar-refractivity contribution < 1.29 is 23.7 Å². The zero-order valence-corrected chi connectivity index (χ0v) is 11.8. The molecule has 0 bridgehead atoms. The van der Waals surface area contributed by atoms with Gasteiger partial charge in [-0.2, -0.15) is 5.10 Å². The van der Waals surface area contributed by atoms with Crippen molar-refractivity contribution in [2.75, 3.05) is 5.43 Å². The predicted molar refractivity (Wildman–Crippen MR) is 78.0 cm³/mol. The molecule has 0 aromatic heterocycles. The number of halogens is 1. The number of oxime groups is 2. The maximum atomic E-state index is 13.4. The number of hydrazone groups is 1. The molecule has 0 spiro atoms. The molecule has 0 amide bonds. The van der Waals surface area contributed by atoms with Gasteiger partial charge in [-0.05, 0) is 12.1 Å². The normalized spacial score (nSPS) is 10.5. The zero-order valence-electron chi connectivity index (χ0n) is 11.8. The summed E-state index contributed by atoms with van der Waals surface area (Å²) in [5.74, 6) is -1.77. The second-order valence-corrected chi connectivity index (χ2v) is 3.76. The number of carbonyl (C=O) groups is 2. The number of nitrogens with one attached hydrogen (secondary N) is 1. The maximum absolute atomic E-state index is 13.4. The molecule has 1 aromatic carbocycles. The van der Waals surface area contributed by atoms with Gasteiger partial charge >= 0.3 is 11.9 Å². The van der Waals surface area contributed by atoms with Gasteiger partial charge in [0.15, 0.2) is 0 Å². The third-order valence-electron chi connectivity index (χ3n) is 1.91. The van der Waals surface area contributed by atoms with E-state index in [1.807, 2.05) is 0 Å². The van der Waals surface area contributed by atoms with Crippen molar-refractivity contribution >= 4 is 35.8 Å². The van der Waals surface area contributed by atoms with Crippen LogP contribution in [0.5, 0.6) is 0 Å². The molecule has 0 saturated heterocycles. The Balaban J connectivity index is 2.83. The summed E-state index contributed by atoms with van der Waals surface area (Å²) in [6.45, 7) is 2.33. The molecule has 0 aliphatic rings. The van der Waals surface area contributed by atoms with Crippen LogP contribution in [0.3, 0.4) is 0 Å². The number of rotatable bonds is 6. The van der Waals surface area contributed by atoms with Crippen LogP contribution in [0, 0.1) is 5.82 Å². The summed E-state index contributed by atoms with van der Waals surface area (Å²) >= 11 is 0. The van der Waals surface area contributed by atoms with Crippen LogP contribution >= 0.6 is 0 Å². The second-order valence-electron chi connectivity index (χ2n) is 3.76. The van der Waals surface area contributed by atoms with Crippen LogP contribution in [-0.2, 0) is 19.3 Å². The van der Waals surface area contributed by atoms with Crippen LogP contribution < -0.4 is 5.43 Å². The molecule has 0 aliphatic heterocycles. The smallest absolute Gasteiger partial charge is 0.319 e. The Morgan fingerprint density at radius 3 is 2.14 bits per heavy atom. The lowest BCUT2D eigenvalue weighted by Crippen LogP contribution is -2.08. The number of anilines is 1. The van der Waals surface area contributed by atoms with E-state index in [2.05, 4.69) is 30.5 Å². The lowest BCUT2D eigenvalue weighted by molar-refractivity contribution is -0.141. The summed E-state index contributed by atoms with van der Waals surface area (Å²) in [6.07, 6.45) is 2.06. The summed E-state index contributed by atoms with van der Waals surface area (Å²) in [4.78, 5) is 29.9. The van der Waals surface area contributed by atoms with E-state index < -0.39 is 17.8 Å². The Labute approximate surface area is 125 Å². The number of para-hydroxylation sites is 1. The molecule has 8 nitrogen and oxygen atoms in total. The molecule has 9 heteroatoms. The van der Waals surface area contributed by atoms with Crippen molar-refractivity contribution in [3.05, 3.63) is 30.1 Å². The van der Waals surface area contributed by atoms with Gasteiger partial charge in [-0.3, -0.25) is 5.43 Å². The first-order valence-electron chi connectivity index (χ1n) is 5.99. The molecule has 0 radical (unpaired) electrons. The first kappa shape index (κ1) is 17.0. The maximum Gasteiger partial charge on any atom is 0.331 e. The molecule has 1 aromatic rings. The van der Waals surface area contributed by atoms with E-state index in [1.165, 1.54) is 32.0 Å². The summed E-state index contributed by atoms with van der Waals surface area (Å²) in [5.41, 5.74) is 2.57. The van der Waals surface area contributed by atoms with Gasteiger partial charge in [-0.25, -0.2) is 14.0 Å². The highest BCUT2D eigenvalue weighted by Gasteiger charge is 2.00. The fraction of sp³-hybridized carbons (Fsp3) is 0.154. The van der Waals surface area contributed by atoms with Crippen molar-refractivity contribution in [1.82, 2.24) is 0 Å². The van der Waals surface area contributed by atoms with Crippen molar-refractivity contribution in [2.45, 2.75) is 13.8 Å². The van der Waals surface area contributed by atoms with Gasteiger partial charge in [-0.1, -0.05) is 22.4 Å². The van der Waals surface area contributed by atoms with Crippen molar-refractivity contribution in [1.29, 1.82) is 0 Å². The van der Waals surface area contributed by atoms with Crippen LogP contribution in [0.1, 0.15) is 13.8 Å². The topological polar surface area (TPSA) is 102 Å². The van der Waals surface area contributed by atoms with Crippen LogP contribution in [0.25, 0.3) is 0 Å². The van der Waals surface area contributed by atoms with Crippen LogP contribution in [0.2, 0.25) is 0 Å². The molecule has 0 heterocycles. The molecule has 0 saturated carbocycles. The lowest BCUT2D eigenvalue weighted by atomic mass is 10.3. The van der Waals surface area contributed by atoms with Gasteiger partial charge in [0.1, 0.15) is 11.5 Å². The summed E-state index contributed by atoms with van der Waals surface area (Å²) < 4.78 is 13.4. The van der Waals surface area contributed by atoms with E-state index in [-0.39, 0.29) is 11.4 Å². The second kappa shape index (κ2) is 8.95. The molecule has 0 unspecified atom stereocenters. The first-order chi connectivity index (χ1) is 10.5. The average Bonchev–Trinajstić information content (AvgIpc) is 2.45. The van der Waals surface area contributed by atoms with E-state index in [9.17, 15) is 14.0 Å². The summed E-state index contributed by atoms with van der Waals surface area (Å²) in [5, 5.41) is 10.5. The fourth-order valence-electron chi connectivity index (χ4n) is 1.08. The minimum Gasteiger partial charge on any atom is -0.319 e. The largest absolute Gasteiger partial charge is 0.331 e. The van der Waals surface area contributed by atoms with Gasteiger partial charge < -0.3 is 9.68 Å². The van der Waals surface area contributed by atoms with E-state index in [0.29, 0.717) is 0 Å². The fourth-order valence-corrected chi connectivity index (χ4v) is 1.08. The Morgan fingerprint density at radius 1 is 1.09 bits per heavy atom. The van der Waals surface area contributed by atoms with Gasteiger partial charge in [0, 0.05) is 13.8 Å². The molecule has 116 valence electrons. The zero-order chi connectivity index (χ0) is 16.4. The SMILES string of the molecule is CC(=O)O/N=C/C(/C=N/OC(C)=O)=NNc1ccccc1F. The van der Waals surface area contributed by atoms with Crippen LogP contribution in [0.15, 0.2) is 39.7 Å². The minimum atomic E-state index is -0.630. The predicted octanol–water partition coefficient (Wildman–Crippen LogP) is 1.69. The van der Waals surface area contributed by atoms with Gasteiger partial charge in [0.05, 0.1) is 18.1 Å². The van der Waals surface area contributed by atoms with E-state index in [1.54, 1.807) is 6.07 Å². The third kappa shape index (κ3) is 6.89. The summed E-state index contributed by atoms with van der Waals surface area (Å²) in [6, 6.07) is 5.84. The number of hydrogen-bond donors (Lipinski definition) is 1. The highest BCUT2D eigenvalue weighted by Crippen LogP contribution is 2.11. The quantitative estimate of drug-likeness (QED) is 0.489. The Hall–Kier alpha value is -3.10. The van der Waals surface area contributed by atoms with Gasteiger partial charge in [-0.15, -0.1) is 0 Å². The molecular formula is C13H13FN4O4. The molecule has 0 atom stereocenters. The molecule has 0 aliphatic carbocycles. The number of carbonyl (C=O) groups excluding carboxylic acids is 2. The average molecular weight is 308 g/mol. The van der Waals surface area contributed by atoms with Gasteiger partial charge in [0.2, 0.25) is 0 Å². The highest BCUT2D eigenvalue weighted by molar-refractivity contribution is 6.55. The molecule has 22 heavy (non-hydrogen) atoms. The van der Waals surface area contributed by atoms with Crippen molar-refractivity contribution in [3.63, 3.8) is 0 Å². The third-order valence-corrected chi connectivity index (χ3v) is 1.91. The molecule has 0 fully saturated rings. The number of nitrogens with zero attached hydrogens (tertiary/aromatic N) is 3. The monoisotopic (exact) mass is 308 g/mol. The number of hydrogen-bond acceptors (Lipinski definition) is 8. The Bertz CT molecular complexity index is 600. The van der Waals surface area contributed by atoms with Crippen LogP contribution in [-0.4, -0.2) is 30.1 Å². The lowest BCUT2D eigenvalue weighted by Gasteiger charge is -2.01. The Morgan fingerprint density at radius 2 is 1.64 bits per heavy atom. The molecule has 1 rings (SSSR count). The van der Waals surface area contributed by atoms with E-state index in [4.69, 9.17) is 0 Å². The van der Waals surface area contributed by atoms with E-state index >= 15 is 0 Å². The minimum absolute atomic E-state index is 0.0192. The summed E-state index contributed by atoms with van der Waals surface area (Å²) in [7, 11) is 0. The molecular weight excluding hydrogens is 295 g/mol. The highest BCUT2D eigenvalue weighted by atomic mass is 19.1. The standard InChI is InChI=1S/C13H13FN4O4/c1-9(19)21-15-7-11(8-16-22-10(2)20)17-18-13-6-4-3-5-12(13)14/h3-8,18H,1-2H3/b15-7+,16-8+. The van der Waals surface area contributed by atoms with E-state index in [0.717, 1.165) is 12.4 Å². The number of benzene rings is 1. The first-order valence-corrected chi connectivity index (χ1v) is 5.99. The van der Waals surface area contributed by atoms with Crippen LogP contribution in [0.4, 0.5) is 10.1 Å².